The fourth-order valence-electron chi connectivity index (χ4n) is 18.0. The van der Waals surface area contributed by atoms with Gasteiger partial charge in [-0.15, -0.1) is 0 Å². The summed E-state index contributed by atoms with van der Waals surface area (Å²) in [6, 6.07) is 7.10. The van der Waals surface area contributed by atoms with E-state index in [1.807, 2.05) is 6.07 Å². The standard InChI is InChI=1S/C42H62N10O6.C40H56N8O6/c1-45-9-13-47(14-10-45)7-3-5-43-33-29-31-36-35-32(40(54)51(41(55)37(33)35)19-17-49-21-25-57-26-22-49)30-34(44-6-4-8-48-15-11-46(2)12-16-48)38(36)42(56)52(39(31)53)20-18-50-23-27-58-28-24-50;1-43-13-17-45(18-14-43)11-5-9-41-31-23-29-34-33-30(38(50)47(39(51)35(31)33)25-27-7-3-21-53-27)24-32(42-10-6-12-46-19-15-44(2)16-20-46)36(34)40(52)48(37(29)49)26-28-8-4-22-54-28/h29-30,43,53H,3-28H2,1-2H3;23-24,27-28,41,49H,3-22,25-26H2,1-2H3. The van der Waals surface area contributed by atoms with Crippen LogP contribution in [0.15, 0.2) is 63.0 Å². The third kappa shape index (κ3) is 17.7. The Hall–Kier alpha value is -7.40. The minimum absolute atomic E-state index is 0.161. The largest absolute Gasteiger partial charge is 0.494 e. The average Bonchev–Trinajstić information content (AvgIpc) is 0.784. The molecule has 0 radical (unpaired) electrons. The first-order valence-corrected chi connectivity index (χ1v) is 41.7. The SMILES string of the molecule is CN1CCN(CCCN=c2cc3c(=O)n(CC4CCCO4)c(=O)c4c(NCCCN5CCN(C)CC5)cc5c(O)n(CC6CCCO6)c(=O)c2c5c4-3)CC1.CN1CCN(CCCN=c2cc3c(=O)n(CCN4CCOCC4)c(=O)c4c(NCCCN5CCN(C)CC5)cc5c(O)n(CCN6CCOCC6)c(=O)c2c5c4-3)CC1. The Labute approximate surface area is 653 Å². The molecule has 12 aliphatic rings. The van der Waals surface area contributed by atoms with Gasteiger partial charge in [-0.2, -0.15) is 0 Å². The summed E-state index contributed by atoms with van der Waals surface area (Å²) in [5, 5.41) is 35.1. The molecule has 4 N–H and O–H groups in total. The summed E-state index contributed by atoms with van der Waals surface area (Å²) in [6.07, 6.45) is 6.25. The number of rotatable bonds is 28. The number of nitrogens with one attached hydrogen (secondary N) is 2. The number of hydrogen-bond acceptors (Lipinski definition) is 26. The minimum atomic E-state index is -0.421. The number of morpholine rings is 2. The molecule has 0 amide bonds. The molecule has 112 heavy (non-hydrogen) atoms. The van der Waals surface area contributed by atoms with E-state index in [0.717, 1.165) is 208 Å². The Balaban J connectivity index is 0.000000178. The summed E-state index contributed by atoms with van der Waals surface area (Å²) in [5.74, 6) is -0.347. The van der Waals surface area contributed by atoms with Crippen molar-refractivity contribution in [3.05, 3.63) is 97.1 Å². The maximum absolute atomic E-state index is 14.7. The van der Waals surface area contributed by atoms with Crippen LogP contribution >= 0.6 is 0 Å². The molecule has 2 aromatic carbocycles. The highest BCUT2D eigenvalue weighted by atomic mass is 16.5. The van der Waals surface area contributed by atoms with Crippen LogP contribution in [0.2, 0.25) is 0 Å². The number of ether oxygens (including phenoxy) is 4. The molecule has 2 aliphatic carbocycles. The van der Waals surface area contributed by atoms with E-state index in [2.05, 4.69) is 87.8 Å². The van der Waals surface area contributed by atoms with Gasteiger partial charge in [0.15, 0.2) is 0 Å². The van der Waals surface area contributed by atoms with E-state index in [4.69, 9.17) is 28.9 Å². The van der Waals surface area contributed by atoms with Gasteiger partial charge in [-0.3, -0.25) is 66.8 Å². The molecule has 2 atom stereocenters. The van der Waals surface area contributed by atoms with Crippen molar-refractivity contribution in [1.82, 2.24) is 67.3 Å². The molecular weight excluding hydrogens is 1430 g/mol. The second kappa shape index (κ2) is 36.6. The van der Waals surface area contributed by atoms with Crippen LogP contribution in [0.5, 0.6) is 11.8 Å². The molecule has 16 rings (SSSR count). The van der Waals surface area contributed by atoms with E-state index in [1.165, 1.54) is 18.3 Å². The van der Waals surface area contributed by atoms with Gasteiger partial charge in [-0.05, 0) is 130 Å². The Morgan fingerprint density at radius 2 is 0.714 bits per heavy atom. The summed E-state index contributed by atoms with van der Waals surface area (Å²) in [4.78, 5) is 121. The van der Waals surface area contributed by atoms with Crippen LogP contribution in [-0.4, -0.2) is 354 Å². The zero-order chi connectivity index (χ0) is 77.5. The third-order valence-corrected chi connectivity index (χ3v) is 25.0. The predicted octanol–water partition coefficient (Wildman–Crippen LogP) is 0.923. The summed E-state index contributed by atoms with van der Waals surface area (Å²) in [6.45, 7) is 30.9. The van der Waals surface area contributed by atoms with Crippen LogP contribution in [0.4, 0.5) is 11.4 Å². The van der Waals surface area contributed by atoms with Gasteiger partial charge in [0.1, 0.15) is 0 Å². The van der Waals surface area contributed by atoms with E-state index in [9.17, 15) is 39.0 Å². The van der Waals surface area contributed by atoms with Gasteiger partial charge >= 0.3 is 0 Å². The zero-order valence-electron chi connectivity index (χ0n) is 66.5. The number of pyridine rings is 4. The van der Waals surface area contributed by atoms with Crippen molar-refractivity contribution in [3.8, 4) is 34.0 Å². The zero-order valence-corrected chi connectivity index (χ0v) is 66.5. The molecule has 2 aromatic heterocycles. The van der Waals surface area contributed by atoms with Gasteiger partial charge in [-0.1, -0.05) is 0 Å². The molecule has 2 unspecified atom stereocenters. The predicted molar refractivity (Wildman–Crippen MR) is 438 cm³/mol. The Bertz CT molecular complexity index is 4940. The quantitative estimate of drug-likeness (QED) is 0.0392. The molecule has 608 valence electrons. The lowest BCUT2D eigenvalue weighted by atomic mass is 9.89. The van der Waals surface area contributed by atoms with E-state index in [-0.39, 0.29) is 66.8 Å². The smallest absolute Gasteiger partial charge is 0.263 e. The number of benzene rings is 4. The summed E-state index contributed by atoms with van der Waals surface area (Å²) in [5.41, 5.74) is 0.258. The Kier molecular flexibility index (Phi) is 26.1. The number of nitrogens with zero attached hydrogens (tertiary/aromatic N) is 16. The van der Waals surface area contributed by atoms with Gasteiger partial charge in [0.05, 0.1) is 95.1 Å². The molecule has 8 saturated heterocycles. The number of hydrogen-bond donors (Lipinski definition) is 4. The van der Waals surface area contributed by atoms with Crippen molar-refractivity contribution < 1.29 is 29.2 Å². The molecule has 12 heterocycles. The van der Waals surface area contributed by atoms with Gasteiger partial charge in [0, 0.05) is 241 Å². The van der Waals surface area contributed by atoms with Gasteiger partial charge in [0.25, 0.3) is 33.4 Å². The second-order valence-electron chi connectivity index (χ2n) is 32.6. The van der Waals surface area contributed by atoms with Crippen LogP contribution < -0.4 is 54.7 Å². The number of anilines is 2. The summed E-state index contributed by atoms with van der Waals surface area (Å²) in [7, 11) is 8.59. The lowest BCUT2D eigenvalue weighted by Gasteiger charge is -2.32. The van der Waals surface area contributed by atoms with Crippen LogP contribution in [0.3, 0.4) is 0 Å². The van der Waals surface area contributed by atoms with E-state index in [0.29, 0.717) is 166 Å². The molecule has 10 aliphatic heterocycles. The monoisotopic (exact) mass is 1550 g/mol. The van der Waals surface area contributed by atoms with Crippen molar-refractivity contribution >= 4 is 54.5 Å². The first-order chi connectivity index (χ1) is 54.5. The average molecular weight is 1550 g/mol. The number of aromatic nitrogens is 4. The van der Waals surface area contributed by atoms with Gasteiger partial charge in [0.2, 0.25) is 11.8 Å². The van der Waals surface area contributed by atoms with Crippen molar-refractivity contribution in [1.29, 1.82) is 0 Å². The van der Waals surface area contributed by atoms with Crippen molar-refractivity contribution in [2.24, 2.45) is 9.98 Å². The van der Waals surface area contributed by atoms with E-state index >= 15 is 0 Å². The maximum atomic E-state index is 14.7. The van der Waals surface area contributed by atoms with Crippen LogP contribution in [0, 0.1) is 0 Å². The van der Waals surface area contributed by atoms with Crippen molar-refractivity contribution in [2.45, 2.75) is 89.8 Å². The fourth-order valence-corrected chi connectivity index (χ4v) is 18.0. The third-order valence-electron chi connectivity index (χ3n) is 25.0. The first-order valence-electron chi connectivity index (χ1n) is 41.7. The highest BCUT2D eigenvalue weighted by molar-refractivity contribution is 6.20. The normalized spacial score (nSPS) is 21.8. The maximum Gasteiger partial charge on any atom is 0.263 e. The van der Waals surface area contributed by atoms with Gasteiger partial charge in [-0.25, -0.2) is 0 Å². The summed E-state index contributed by atoms with van der Waals surface area (Å²) < 4.78 is 28.5. The molecule has 8 fully saturated rings. The van der Waals surface area contributed by atoms with E-state index < -0.39 is 16.7 Å². The molecule has 4 aromatic rings. The second-order valence-corrected chi connectivity index (χ2v) is 32.6. The Morgan fingerprint density at radius 3 is 1.12 bits per heavy atom. The fraction of sp³-hybridized carbons (Fsp3) is 0.659. The molecular formula is C82H118N18O12. The number of piperazine rings is 4. The lowest BCUT2D eigenvalue weighted by molar-refractivity contribution is 0.0360. The van der Waals surface area contributed by atoms with Crippen molar-refractivity contribution in [2.75, 3.05) is 275 Å². The molecule has 0 saturated carbocycles. The molecule has 0 spiro atoms. The van der Waals surface area contributed by atoms with Crippen LogP contribution in [0.1, 0.15) is 51.4 Å². The van der Waals surface area contributed by atoms with Crippen LogP contribution in [0.25, 0.3) is 65.3 Å². The van der Waals surface area contributed by atoms with Crippen molar-refractivity contribution in [3.63, 3.8) is 0 Å². The molecule has 0 bridgehead atoms. The lowest BCUT2D eigenvalue weighted by Crippen LogP contribution is -2.44. The molecule has 30 heteroatoms. The number of aromatic hydroxyl groups is 2. The molecule has 30 nitrogen and oxygen atoms in total. The Morgan fingerprint density at radius 1 is 0.366 bits per heavy atom. The van der Waals surface area contributed by atoms with Crippen LogP contribution in [-0.2, 0) is 45.1 Å². The minimum Gasteiger partial charge on any atom is -0.494 e. The summed E-state index contributed by atoms with van der Waals surface area (Å²) >= 11 is 0. The first kappa shape index (κ1) is 79.8. The highest BCUT2D eigenvalue weighted by Gasteiger charge is 2.34. The topological polar surface area (TPSA) is 281 Å². The highest BCUT2D eigenvalue weighted by Crippen LogP contribution is 2.43. The number of likely N-dealkylation sites (N-methyl/N-ethyl adjacent to an activating group) is 4. The van der Waals surface area contributed by atoms with E-state index in [1.54, 1.807) is 18.2 Å². The van der Waals surface area contributed by atoms with Gasteiger partial charge < -0.3 is 79.0 Å².